The van der Waals surface area contributed by atoms with Gasteiger partial charge in [-0.2, -0.15) is 0 Å². The Morgan fingerprint density at radius 1 is 0.972 bits per heavy atom. The SMILES string of the molecule is COc1ccc(-c2[nH]c3ccc(-c4nnc(C(=O)NCCNC(C)=O)o4)cc3c2C(C)C)cc1OC. The van der Waals surface area contributed by atoms with Crippen molar-refractivity contribution in [3.05, 3.63) is 47.9 Å². The summed E-state index contributed by atoms with van der Waals surface area (Å²) in [6.07, 6.45) is 0. The molecule has 0 fully saturated rings. The maximum absolute atomic E-state index is 12.3. The van der Waals surface area contributed by atoms with Crippen LogP contribution in [0.1, 0.15) is 42.9 Å². The molecule has 10 heteroatoms. The van der Waals surface area contributed by atoms with Crippen molar-refractivity contribution < 1.29 is 23.5 Å². The minimum absolute atomic E-state index is 0.142. The Labute approximate surface area is 208 Å². The minimum atomic E-state index is -0.500. The van der Waals surface area contributed by atoms with Gasteiger partial charge in [0.05, 0.1) is 19.9 Å². The number of carbonyl (C=O) groups is 2. The lowest BCUT2D eigenvalue weighted by molar-refractivity contribution is -0.118. The number of ether oxygens (including phenoxy) is 2. The first-order valence-electron chi connectivity index (χ1n) is 11.6. The van der Waals surface area contributed by atoms with Gasteiger partial charge in [0.15, 0.2) is 11.5 Å². The molecular formula is C26H29N5O5. The van der Waals surface area contributed by atoms with E-state index in [1.165, 1.54) is 6.92 Å². The molecule has 0 radical (unpaired) electrons. The lowest BCUT2D eigenvalue weighted by Gasteiger charge is -2.12. The zero-order valence-electron chi connectivity index (χ0n) is 20.9. The molecule has 2 aromatic heterocycles. The molecule has 0 saturated heterocycles. The van der Waals surface area contributed by atoms with E-state index in [9.17, 15) is 9.59 Å². The minimum Gasteiger partial charge on any atom is -0.493 e. The molecule has 0 aliphatic rings. The van der Waals surface area contributed by atoms with Crippen molar-refractivity contribution >= 4 is 22.7 Å². The summed E-state index contributed by atoms with van der Waals surface area (Å²) in [7, 11) is 3.23. The number of benzene rings is 2. The van der Waals surface area contributed by atoms with Crippen molar-refractivity contribution in [1.82, 2.24) is 25.8 Å². The van der Waals surface area contributed by atoms with Crippen LogP contribution in [0.2, 0.25) is 0 Å². The first kappa shape index (κ1) is 24.8. The summed E-state index contributed by atoms with van der Waals surface area (Å²) in [4.78, 5) is 26.8. The van der Waals surface area contributed by atoms with Gasteiger partial charge in [0.1, 0.15) is 0 Å². The van der Waals surface area contributed by atoms with E-state index in [-0.39, 0.29) is 30.2 Å². The van der Waals surface area contributed by atoms with Gasteiger partial charge in [-0.25, -0.2) is 0 Å². The van der Waals surface area contributed by atoms with Crippen molar-refractivity contribution in [3.63, 3.8) is 0 Å². The van der Waals surface area contributed by atoms with Gasteiger partial charge in [0, 0.05) is 42.0 Å². The van der Waals surface area contributed by atoms with E-state index >= 15 is 0 Å². The highest BCUT2D eigenvalue weighted by molar-refractivity contribution is 5.94. The van der Waals surface area contributed by atoms with Crippen LogP contribution in [0.4, 0.5) is 0 Å². The second-order valence-corrected chi connectivity index (χ2v) is 8.55. The van der Waals surface area contributed by atoms with Gasteiger partial charge in [-0.15, -0.1) is 10.2 Å². The third kappa shape index (κ3) is 5.02. The summed E-state index contributed by atoms with van der Waals surface area (Å²) in [5.41, 5.74) is 4.76. The zero-order valence-corrected chi connectivity index (χ0v) is 20.9. The third-order valence-corrected chi connectivity index (χ3v) is 5.74. The van der Waals surface area contributed by atoms with Crippen LogP contribution in [0, 0.1) is 0 Å². The molecule has 0 aliphatic heterocycles. The van der Waals surface area contributed by atoms with Gasteiger partial charge < -0.3 is 29.5 Å². The van der Waals surface area contributed by atoms with E-state index in [1.807, 2.05) is 36.4 Å². The fourth-order valence-corrected chi connectivity index (χ4v) is 4.09. The zero-order chi connectivity index (χ0) is 25.8. The van der Waals surface area contributed by atoms with Crippen LogP contribution >= 0.6 is 0 Å². The van der Waals surface area contributed by atoms with Crippen molar-refractivity contribution in [2.45, 2.75) is 26.7 Å². The number of amides is 2. The van der Waals surface area contributed by atoms with Crippen molar-refractivity contribution in [2.75, 3.05) is 27.3 Å². The Balaban J connectivity index is 1.65. The maximum Gasteiger partial charge on any atom is 0.308 e. The molecule has 3 N–H and O–H groups in total. The normalized spacial score (nSPS) is 11.1. The molecule has 0 bridgehead atoms. The van der Waals surface area contributed by atoms with E-state index in [0.29, 0.717) is 23.6 Å². The topological polar surface area (TPSA) is 131 Å². The predicted molar refractivity (Wildman–Crippen MR) is 135 cm³/mol. The molecular weight excluding hydrogens is 462 g/mol. The summed E-state index contributed by atoms with van der Waals surface area (Å²) in [6, 6.07) is 11.6. The molecule has 0 aliphatic carbocycles. The average molecular weight is 492 g/mol. The summed E-state index contributed by atoms with van der Waals surface area (Å²) in [5.74, 6) is 0.962. The van der Waals surface area contributed by atoms with Crippen molar-refractivity contribution in [1.29, 1.82) is 0 Å². The lowest BCUT2D eigenvalue weighted by Crippen LogP contribution is -2.33. The number of hydrogen-bond acceptors (Lipinski definition) is 7. The first-order valence-corrected chi connectivity index (χ1v) is 11.6. The number of nitrogens with zero attached hydrogens (tertiary/aromatic N) is 2. The first-order chi connectivity index (χ1) is 17.3. The molecule has 4 aromatic rings. The summed E-state index contributed by atoms with van der Waals surface area (Å²) < 4.78 is 16.5. The van der Waals surface area contributed by atoms with Gasteiger partial charge in [-0.05, 0) is 47.9 Å². The predicted octanol–water partition coefficient (Wildman–Crippen LogP) is 3.89. The van der Waals surface area contributed by atoms with Gasteiger partial charge in [0.25, 0.3) is 0 Å². The van der Waals surface area contributed by atoms with Gasteiger partial charge >= 0.3 is 11.8 Å². The number of aromatic amines is 1. The highest BCUT2D eigenvalue weighted by atomic mass is 16.5. The molecule has 0 unspecified atom stereocenters. The molecule has 2 aromatic carbocycles. The second-order valence-electron chi connectivity index (χ2n) is 8.55. The number of hydrogen-bond donors (Lipinski definition) is 3. The Kier molecular flexibility index (Phi) is 7.23. The molecule has 2 amide bonds. The largest absolute Gasteiger partial charge is 0.493 e. The van der Waals surface area contributed by atoms with E-state index in [4.69, 9.17) is 13.9 Å². The van der Waals surface area contributed by atoms with E-state index in [0.717, 1.165) is 27.7 Å². The summed E-state index contributed by atoms with van der Waals surface area (Å²) in [6.45, 7) is 6.24. The number of methoxy groups -OCH3 is 2. The highest BCUT2D eigenvalue weighted by Gasteiger charge is 2.20. The Bertz CT molecular complexity index is 1410. The standard InChI is InChI=1S/C26H29N5O5/c1-14(2)22-18-12-17(25-30-31-26(36-25)24(33)28-11-10-27-15(3)32)6-8-19(18)29-23(22)16-7-9-20(34-4)21(13-16)35-5/h6-9,12-14,29H,10-11H2,1-5H3,(H,27,32)(H,28,33). The Morgan fingerprint density at radius 2 is 1.69 bits per heavy atom. The second kappa shape index (κ2) is 10.5. The van der Waals surface area contributed by atoms with Crippen molar-refractivity contribution in [3.8, 4) is 34.2 Å². The van der Waals surface area contributed by atoms with E-state index in [2.05, 4.69) is 39.7 Å². The molecule has 0 spiro atoms. The van der Waals surface area contributed by atoms with Crippen LogP contribution in [-0.2, 0) is 4.79 Å². The van der Waals surface area contributed by atoms with Gasteiger partial charge in [-0.3, -0.25) is 9.59 Å². The average Bonchev–Trinajstić information content (AvgIpc) is 3.51. The molecule has 0 saturated carbocycles. The lowest BCUT2D eigenvalue weighted by atomic mass is 9.95. The van der Waals surface area contributed by atoms with Crippen molar-refractivity contribution in [2.24, 2.45) is 0 Å². The summed E-state index contributed by atoms with van der Waals surface area (Å²) >= 11 is 0. The fraction of sp³-hybridized carbons (Fsp3) is 0.308. The van der Waals surface area contributed by atoms with Crippen LogP contribution in [0.15, 0.2) is 40.8 Å². The number of aromatic nitrogens is 3. The number of fused-ring (bicyclic) bond motifs is 1. The van der Waals surface area contributed by atoms with Crippen LogP contribution in [0.5, 0.6) is 11.5 Å². The molecule has 10 nitrogen and oxygen atoms in total. The number of nitrogens with one attached hydrogen (secondary N) is 3. The maximum atomic E-state index is 12.3. The molecule has 0 atom stereocenters. The van der Waals surface area contributed by atoms with E-state index < -0.39 is 5.91 Å². The van der Waals surface area contributed by atoms with Gasteiger partial charge in [-0.1, -0.05) is 13.8 Å². The van der Waals surface area contributed by atoms with Crippen LogP contribution in [0.25, 0.3) is 33.6 Å². The van der Waals surface area contributed by atoms with Gasteiger partial charge in [0.2, 0.25) is 11.8 Å². The number of H-pyrrole nitrogens is 1. The van der Waals surface area contributed by atoms with Crippen LogP contribution in [0.3, 0.4) is 0 Å². The molecule has 2 heterocycles. The third-order valence-electron chi connectivity index (χ3n) is 5.74. The van der Waals surface area contributed by atoms with Crippen LogP contribution in [-0.4, -0.2) is 54.3 Å². The Morgan fingerprint density at radius 3 is 2.39 bits per heavy atom. The highest BCUT2D eigenvalue weighted by Crippen LogP contribution is 2.40. The number of rotatable bonds is 9. The van der Waals surface area contributed by atoms with Crippen LogP contribution < -0.4 is 20.1 Å². The Hall–Kier alpha value is -4.34. The quantitative estimate of drug-likeness (QED) is 0.303. The fourth-order valence-electron chi connectivity index (χ4n) is 4.09. The number of carbonyl (C=O) groups excluding carboxylic acids is 2. The molecule has 188 valence electrons. The van der Waals surface area contributed by atoms with E-state index in [1.54, 1.807) is 14.2 Å². The monoisotopic (exact) mass is 491 g/mol. The molecule has 4 rings (SSSR count). The molecule has 36 heavy (non-hydrogen) atoms. The summed E-state index contributed by atoms with van der Waals surface area (Å²) in [5, 5.41) is 14.2. The smallest absolute Gasteiger partial charge is 0.308 e.